The van der Waals surface area contributed by atoms with E-state index < -0.39 is 6.92 Å². The van der Waals surface area contributed by atoms with Crippen LogP contribution in [-0.2, 0) is 32.9 Å². The van der Waals surface area contributed by atoms with Crippen LogP contribution in [0.15, 0.2) is 0 Å². The average molecular weight is 313 g/mol. The van der Waals surface area contributed by atoms with Gasteiger partial charge in [0, 0.05) is 7.36 Å². The van der Waals surface area contributed by atoms with E-state index in [0.29, 0.717) is 18.9 Å². The smallest absolute Gasteiger partial charge is 0.340 e. The highest BCUT2D eigenvalue weighted by atomic mass is 32.4. The summed E-state index contributed by atoms with van der Waals surface area (Å²) in [6.07, 6.45) is 3.23. The molecule has 100 valence electrons. The first-order chi connectivity index (χ1) is 7.93. The molecule has 0 spiro atoms. The van der Waals surface area contributed by atoms with Gasteiger partial charge < -0.3 is 4.74 Å². The van der Waals surface area contributed by atoms with Gasteiger partial charge in [0.25, 0.3) is 0 Å². The minimum absolute atomic E-state index is 0.219. The van der Waals surface area contributed by atoms with E-state index in [9.17, 15) is 0 Å². The second-order valence-corrected chi connectivity index (χ2v) is 9.09. The first-order valence-electron chi connectivity index (χ1n) is 6.00. The van der Waals surface area contributed by atoms with E-state index >= 15 is 0 Å². The molecule has 0 aliphatic carbocycles. The van der Waals surface area contributed by atoms with E-state index in [2.05, 4.69) is 13.8 Å². The van der Waals surface area contributed by atoms with Crippen LogP contribution in [0.5, 0.6) is 0 Å². The maximum atomic E-state index is 5.68. The van der Waals surface area contributed by atoms with Crippen LogP contribution < -0.4 is 0 Å². The van der Waals surface area contributed by atoms with Gasteiger partial charge in [-0.25, -0.2) is 0 Å². The molecule has 0 aromatic carbocycles. The highest BCUT2D eigenvalue weighted by Crippen LogP contribution is 2.32. The van der Waals surface area contributed by atoms with Gasteiger partial charge in [0.1, 0.15) is 11.9 Å². The summed E-state index contributed by atoms with van der Waals surface area (Å²) in [5, 5.41) is -0.219. The van der Waals surface area contributed by atoms with E-state index in [0.717, 1.165) is 20.2 Å². The van der Waals surface area contributed by atoms with Gasteiger partial charge in [-0.1, -0.05) is 25.2 Å². The molecule has 0 amide bonds. The van der Waals surface area contributed by atoms with Crippen LogP contribution in [0.3, 0.4) is 0 Å². The minimum atomic E-state index is -0.691. The van der Waals surface area contributed by atoms with Crippen LogP contribution in [0.2, 0.25) is 0 Å². The Morgan fingerprint density at radius 2 is 2.00 bits per heavy atom. The fourth-order valence-electron chi connectivity index (χ4n) is 1.21. The Morgan fingerprint density at radius 3 is 2.53 bits per heavy atom. The average Bonchev–Trinajstić information content (AvgIpc) is 2.28. The van der Waals surface area contributed by atoms with Crippen LogP contribution in [0.4, 0.5) is 0 Å². The molecule has 0 aromatic rings. The lowest BCUT2D eigenvalue weighted by Crippen LogP contribution is -2.17. The van der Waals surface area contributed by atoms with Crippen molar-refractivity contribution in [1.82, 2.24) is 0 Å². The van der Waals surface area contributed by atoms with Gasteiger partial charge in [0.15, 0.2) is 17.5 Å². The summed E-state index contributed by atoms with van der Waals surface area (Å²) >= 11 is 10.3. The zero-order valence-electron chi connectivity index (χ0n) is 11.1. The molecule has 0 fully saturated rings. The third kappa shape index (κ3) is 9.53. The van der Waals surface area contributed by atoms with Crippen molar-refractivity contribution in [2.75, 3.05) is 13.2 Å². The van der Waals surface area contributed by atoms with Crippen molar-refractivity contribution < 1.29 is 9.26 Å². The molecule has 0 aliphatic heterocycles. The van der Waals surface area contributed by atoms with Crippen LogP contribution >= 0.6 is 14.3 Å². The van der Waals surface area contributed by atoms with Crippen molar-refractivity contribution in [2.24, 2.45) is 0 Å². The van der Waals surface area contributed by atoms with Crippen LogP contribution in [0.25, 0.3) is 0 Å². The maximum Gasteiger partial charge on any atom is 0.340 e. The van der Waals surface area contributed by atoms with E-state index in [1.54, 1.807) is 0 Å². The number of hydrogen-bond acceptors (Lipinski definition) is 4. The molecule has 0 aliphatic rings. The molecule has 17 heavy (non-hydrogen) atoms. The Bertz CT molecular complexity index is 248. The molecule has 0 saturated heterocycles. The van der Waals surface area contributed by atoms with Crippen molar-refractivity contribution in [1.29, 1.82) is 0 Å². The standard InChI is InChI=1S/C11H23O2P2S2/c1-5-7-10(2)15(17)13-9-6-8-12-11(3,4)14-16/h10H,5-9H2,1-4H3/q+1. The van der Waals surface area contributed by atoms with Gasteiger partial charge >= 0.3 is 6.92 Å². The van der Waals surface area contributed by atoms with Crippen molar-refractivity contribution in [2.45, 2.75) is 58.0 Å². The van der Waals surface area contributed by atoms with E-state index in [-0.39, 0.29) is 5.34 Å². The molecule has 0 aromatic heterocycles. The Hall–Kier alpha value is 0.960. The summed E-state index contributed by atoms with van der Waals surface area (Å²) < 4.78 is 11.3. The molecule has 0 saturated carbocycles. The van der Waals surface area contributed by atoms with Gasteiger partial charge in [-0.15, -0.1) is 0 Å². The second kappa shape index (κ2) is 9.83. The summed E-state index contributed by atoms with van der Waals surface area (Å²) in [5.74, 6) is 0. The summed E-state index contributed by atoms with van der Waals surface area (Å²) in [4.78, 5) is 0. The zero-order valence-corrected chi connectivity index (χ0v) is 14.6. The first kappa shape index (κ1) is 18.0. The monoisotopic (exact) mass is 313 g/mol. The van der Waals surface area contributed by atoms with Crippen molar-refractivity contribution in [3.05, 3.63) is 0 Å². The van der Waals surface area contributed by atoms with Crippen molar-refractivity contribution in [3.63, 3.8) is 0 Å². The Morgan fingerprint density at radius 1 is 1.35 bits per heavy atom. The van der Waals surface area contributed by atoms with Crippen LogP contribution in [0.1, 0.15) is 47.0 Å². The zero-order chi connectivity index (χ0) is 13.3. The molecule has 2 unspecified atom stereocenters. The molecular weight excluding hydrogens is 290 g/mol. The number of rotatable bonds is 10. The molecule has 0 rings (SSSR count). The molecule has 2 nitrogen and oxygen atoms in total. The van der Waals surface area contributed by atoms with Crippen molar-refractivity contribution in [3.8, 4) is 0 Å². The third-order valence-electron chi connectivity index (χ3n) is 2.25. The molecule has 0 N–H and O–H groups in total. The predicted molar refractivity (Wildman–Crippen MR) is 83.5 cm³/mol. The summed E-state index contributed by atoms with van der Waals surface area (Å²) in [6, 6.07) is 0. The fourth-order valence-corrected chi connectivity index (χ4v) is 3.09. The lowest BCUT2D eigenvalue weighted by Gasteiger charge is -2.18. The molecule has 0 heterocycles. The van der Waals surface area contributed by atoms with E-state index in [1.807, 2.05) is 13.8 Å². The van der Waals surface area contributed by atoms with E-state index in [4.69, 9.17) is 32.9 Å². The van der Waals surface area contributed by atoms with Crippen LogP contribution in [-0.4, -0.2) is 24.2 Å². The van der Waals surface area contributed by atoms with Crippen molar-refractivity contribution >= 4 is 37.9 Å². The first-order valence-corrected chi connectivity index (χ1v) is 10.3. The van der Waals surface area contributed by atoms with Gasteiger partial charge in [-0.05, 0) is 33.6 Å². The molecule has 0 radical (unpaired) electrons. The number of ether oxygens (including phenoxy) is 1. The Balaban J connectivity index is 3.58. The van der Waals surface area contributed by atoms with Gasteiger partial charge in [-0.2, -0.15) is 4.52 Å². The third-order valence-corrected chi connectivity index (χ3v) is 6.95. The normalized spacial score (nSPS) is 14.9. The topological polar surface area (TPSA) is 18.5 Å². The SMILES string of the molecule is CCCC(C)[P+](=S)OCCCOC(C)(C)P=S. The Labute approximate surface area is 118 Å². The maximum absolute atomic E-state index is 5.68. The quantitative estimate of drug-likeness (QED) is 0.433. The minimum Gasteiger partial charge on any atom is -0.366 e. The lowest BCUT2D eigenvalue weighted by molar-refractivity contribution is 0.0445. The largest absolute Gasteiger partial charge is 0.366 e. The highest BCUT2D eigenvalue weighted by molar-refractivity contribution is 8.03. The Kier molecular flexibility index (Phi) is 10.4. The fraction of sp³-hybridized carbons (Fsp3) is 1.00. The summed E-state index contributed by atoms with van der Waals surface area (Å²) in [5.41, 5.74) is 0.522. The number of hydrogen-bond donors (Lipinski definition) is 0. The summed E-state index contributed by atoms with van der Waals surface area (Å²) in [6.45, 7) is 9.07. The predicted octanol–water partition coefficient (Wildman–Crippen LogP) is 4.60. The highest BCUT2D eigenvalue weighted by Gasteiger charge is 2.21. The van der Waals surface area contributed by atoms with Gasteiger partial charge in [-0.3, -0.25) is 0 Å². The van der Waals surface area contributed by atoms with Gasteiger partial charge in [0.05, 0.1) is 6.61 Å². The molecule has 0 bridgehead atoms. The molecule has 2 atom stereocenters. The molecular formula is C11H23O2P2S2+. The van der Waals surface area contributed by atoms with E-state index in [1.165, 1.54) is 6.42 Å². The molecule has 6 heteroatoms. The summed E-state index contributed by atoms with van der Waals surface area (Å²) in [7, 11) is 0.849. The van der Waals surface area contributed by atoms with Crippen LogP contribution in [0, 0.1) is 0 Å². The van der Waals surface area contributed by atoms with Gasteiger partial charge in [0.2, 0.25) is 0 Å². The second-order valence-electron chi connectivity index (χ2n) is 4.50. The lowest BCUT2D eigenvalue weighted by atomic mass is 10.3.